The Balaban J connectivity index is 1.62. The molecule has 0 saturated carbocycles. The molecule has 0 saturated heterocycles. The number of fused-ring (bicyclic) bond motifs is 1. The number of rotatable bonds is 7. The minimum atomic E-state index is -0.573. The van der Waals surface area contributed by atoms with Crippen LogP contribution in [0.4, 0.5) is 10.5 Å². The Hall–Kier alpha value is -3.61. The van der Waals surface area contributed by atoms with E-state index in [9.17, 15) is 4.79 Å². The van der Waals surface area contributed by atoms with Gasteiger partial charge in [-0.15, -0.1) is 0 Å². The van der Waals surface area contributed by atoms with E-state index in [1.165, 1.54) is 33.5 Å². The van der Waals surface area contributed by atoms with E-state index in [0.717, 1.165) is 60.9 Å². The zero-order chi connectivity index (χ0) is 26.8. The molecule has 1 aliphatic heterocycles. The zero-order valence-corrected chi connectivity index (χ0v) is 23.0. The molecule has 7 heteroatoms. The van der Waals surface area contributed by atoms with Crippen molar-refractivity contribution >= 4 is 23.3 Å². The average Bonchev–Trinajstić information content (AvgIpc) is 3.28. The van der Waals surface area contributed by atoms with Crippen LogP contribution in [0.1, 0.15) is 47.4 Å². The summed E-state index contributed by atoms with van der Waals surface area (Å²) in [5.74, 6) is 0. The molecular formula is C31H34ClN5O. The summed E-state index contributed by atoms with van der Waals surface area (Å²) in [4.78, 5) is 13.8. The Labute approximate surface area is 229 Å². The monoisotopic (exact) mass is 527 g/mol. The minimum Gasteiger partial charge on any atom is -0.351 e. The van der Waals surface area contributed by atoms with Crippen molar-refractivity contribution in [3.05, 3.63) is 99.2 Å². The Bertz CT molecular complexity index is 1450. The lowest BCUT2D eigenvalue weighted by Gasteiger charge is -2.27. The van der Waals surface area contributed by atoms with Crippen LogP contribution < -0.4 is 11.1 Å². The number of amides is 2. The number of aryl methyl sites for hydroxylation is 3. The molecule has 0 unspecified atom stereocenters. The smallest absolute Gasteiger partial charge is 0.316 e. The van der Waals surface area contributed by atoms with Gasteiger partial charge in [-0.25, -0.2) is 9.48 Å². The lowest BCUT2D eigenvalue weighted by atomic mass is 9.98. The molecule has 0 spiro atoms. The van der Waals surface area contributed by atoms with Gasteiger partial charge in [-0.3, -0.25) is 4.90 Å². The molecule has 0 fully saturated rings. The Morgan fingerprint density at radius 2 is 1.74 bits per heavy atom. The van der Waals surface area contributed by atoms with Crippen molar-refractivity contribution in [1.82, 2.24) is 14.7 Å². The van der Waals surface area contributed by atoms with Crippen LogP contribution in [0, 0.1) is 6.92 Å². The number of carbonyl (C=O) groups excluding carboxylic acids is 1. The molecule has 196 valence electrons. The second kappa shape index (κ2) is 11.0. The van der Waals surface area contributed by atoms with Crippen molar-refractivity contribution in [3.63, 3.8) is 0 Å². The highest BCUT2D eigenvalue weighted by atomic mass is 35.5. The first-order valence-corrected chi connectivity index (χ1v) is 13.6. The van der Waals surface area contributed by atoms with Gasteiger partial charge in [-0.1, -0.05) is 61.8 Å². The van der Waals surface area contributed by atoms with Gasteiger partial charge >= 0.3 is 6.03 Å². The number of urea groups is 1. The fourth-order valence-corrected chi connectivity index (χ4v) is 5.61. The van der Waals surface area contributed by atoms with E-state index in [-0.39, 0.29) is 0 Å². The topological polar surface area (TPSA) is 76.2 Å². The number of anilines is 1. The molecule has 2 amide bonds. The number of hydrogen-bond acceptors (Lipinski definition) is 3. The number of nitrogens with zero attached hydrogens (tertiary/aromatic N) is 3. The van der Waals surface area contributed by atoms with Crippen molar-refractivity contribution in [2.75, 3.05) is 11.9 Å². The molecule has 6 nitrogen and oxygen atoms in total. The van der Waals surface area contributed by atoms with Crippen LogP contribution in [0.15, 0.2) is 60.7 Å². The van der Waals surface area contributed by atoms with E-state index in [4.69, 9.17) is 22.4 Å². The number of para-hydroxylation sites is 1. The van der Waals surface area contributed by atoms with Crippen LogP contribution >= 0.6 is 11.6 Å². The molecule has 0 radical (unpaired) electrons. The SMILES string of the molecule is CCc1cccc(CC)c1-n1nc2c(c1-c1ccc(NC(N)=O)cc1)CN(Cc1cc(Cl)ccc1C)CC2. The fourth-order valence-electron chi connectivity index (χ4n) is 5.41. The van der Waals surface area contributed by atoms with Gasteiger partial charge in [0.25, 0.3) is 0 Å². The van der Waals surface area contributed by atoms with Crippen molar-refractivity contribution in [2.24, 2.45) is 5.73 Å². The lowest BCUT2D eigenvalue weighted by molar-refractivity contribution is 0.244. The molecule has 1 aliphatic rings. The number of nitrogens with two attached hydrogens (primary N) is 1. The van der Waals surface area contributed by atoms with E-state index < -0.39 is 6.03 Å². The van der Waals surface area contributed by atoms with Gasteiger partial charge in [0.15, 0.2) is 0 Å². The number of halogens is 1. The molecule has 3 aromatic carbocycles. The van der Waals surface area contributed by atoms with Crippen molar-refractivity contribution in [1.29, 1.82) is 0 Å². The first kappa shape index (κ1) is 26.0. The van der Waals surface area contributed by atoms with E-state index in [0.29, 0.717) is 5.69 Å². The molecule has 0 aliphatic carbocycles. The van der Waals surface area contributed by atoms with Gasteiger partial charge in [-0.05, 0) is 66.3 Å². The third-order valence-corrected chi connectivity index (χ3v) is 7.66. The van der Waals surface area contributed by atoms with Gasteiger partial charge < -0.3 is 11.1 Å². The Kier molecular flexibility index (Phi) is 7.54. The zero-order valence-electron chi connectivity index (χ0n) is 22.2. The first-order chi connectivity index (χ1) is 18.4. The predicted octanol–water partition coefficient (Wildman–Crippen LogP) is 6.67. The summed E-state index contributed by atoms with van der Waals surface area (Å²) in [6.45, 7) is 9.10. The predicted molar refractivity (Wildman–Crippen MR) is 155 cm³/mol. The van der Waals surface area contributed by atoms with Crippen LogP contribution in [0.2, 0.25) is 5.02 Å². The highest BCUT2D eigenvalue weighted by Crippen LogP contribution is 2.36. The summed E-state index contributed by atoms with van der Waals surface area (Å²) in [5.41, 5.74) is 16.8. The normalized spacial score (nSPS) is 13.4. The summed E-state index contributed by atoms with van der Waals surface area (Å²) in [6, 6.07) is 20.0. The molecular weight excluding hydrogens is 494 g/mol. The number of nitrogens with one attached hydrogen (secondary N) is 1. The van der Waals surface area contributed by atoms with Crippen LogP contribution in [0.25, 0.3) is 16.9 Å². The molecule has 2 heterocycles. The first-order valence-electron chi connectivity index (χ1n) is 13.2. The van der Waals surface area contributed by atoms with E-state index in [2.05, 4.69) is 66.0 Å². The maximum absolute atomic E-state index is 11.4. The van der Waals surface area contributed by atoms with Gasteiger partial charge in [0.05, 0.1) is 17.1 Å². The summed E-state index contributed by atoms with van der Waals surface area (Å²) in [5, 5.41) is 8.67. The number of primary amides is 1. The van der Waals surface area contributed by atoms with Crippen LogP contribution in [-0.4, -0.2) is 27.3 Å². The number of benzene rings is 3. The van der Waals surface area contributed by atoms with Gasteiger partial charge in [-0.2, -0.15) is 5.10 Å². The summed E-state index contributed by atoms with van der Waals surface area (Å²) >= 11 is 6.33. The summed E-state index contributed by atoms with van der Waals surface area (Å²) in [7, 11) is 0. The number of hydrogen-bond donors (Lipinski definition) is 2. The molecule has 5 rings (SSSR count). The third kappa shape index (κ3) is 5.19. The standard InChI is InChI=1S/C31H34ClN5O/c1-4-21-7-6-8-22(5-2)29(21)37-30(23-10-13-26(14-11-23)34-31(33)38)27-19-36(16-15-28(27)35-37)18-24-17-25(32)12-9-20(24)3/h6-14,17H,4-5,15-16,18-19H2,1-3H3,(H3,33,34,38). The second-order valence-corrected chi connectivity index (χ2v) is 10.4. The number of carbonyl (C=O) groups is 1. The van der Waals surface area contributed by atoms with E-state index >= 15 is 0 Å². The van der Waals surface area contributed by atoms with Gasteiger partial charge in [0.2, 0.25) is 0 Å². The minimum absolute atomic E-state index is 0.573. The van der Waals surface area contributed by atoms with Crippen molar-refractivity contribution in [2.45, 2.75) is 53.1 Å². The fraction of sp³-hybridized carbons (Fsp3) is 0.290. The lowest BCUT2D eigenvalue weighted by Crippen LogP contribution is -2.30. The quantitative estimate of drug-likeness (QED) is 0.281. The number of aromatic nitrogens is 2. The van der Waals surface area contributed by atoms with Gasteiger partial charge in [0, 0.05) is 47.9 Å². The highest BCUT2D eigenvalue weighted by molar-refractivity contribution is 6.30. The summed E-state index contributed by atoms with van der Waals surface area (Å²) in [6.07, 6.45) is 2.73. The maximum atomic E-state index is 11.4. The highest BCUT2D eigenvalue weighted by Gasteiger charge is 2.28. The Morgan fingerprint density at radius 1 is 1.03 bits per heavy atom. The van der Waals surface area contributed by atoms with E-state index in [1.807, 2.05) is 30.3 Å². The molecule has 3 N–H and O–H groups in total. The van der Waals surface area contributed by atoms with Crippen molar-refractivity contribution in [3.8, 4) is 16.9 Å². The van der Waals surface area contributed by atoms with Crippen LogP contribution in [0.5, 0.6) is 0 Å². The molecule has 4 aromatic rings. The third-order valence-electron chi connectivity index (χ3n) is 7.42. The average molecular weight is 528 g/mol. The second-order valence-electron chi connectivity index (χ2n) is 9.92. The Morgan fingerprint density at radius 3 is 2.39 bits per heavy atom. The van der Waals surface area contributed by atoms with Gasteiger partial charge in [0.1, 0.15) is 0 Å². The van der Waals surface area contributed by atoms with E-state index in [1.54, 1.807) is 0 Å². The van der Waals surface area contributed by atoms with Crippen molar-refractivity contribution < 1.29 is 4.79 Å². The van der Waals surface area contributed by atoms with Crippen LogP contribution in [0.3, 0.4) is 0 Å². The largest absolute Gasteiger partial charge is 0.351 e. The molecule has 0 bridgehead atoms. The molecule has 38 heavy (non-hydrogen) atoms. The molecule has 1 aromatic heterocycles. The molecule has 0 atom stereocenters. The summed E-state index contributed by atoms with van der Waals surface area (Å²) < 4.78 is 2.17. The maximum Gasteiger partial charge on any atom is 0.316 e. The van der Waals surface area contributed by atoms with Crippen LogP contribution in [-0.2, 0) is 32.4 Å².